The summed E-state index contributed by atoms with van der Waals surface area (Å²) in [4.78, 5) is 38.1. The molecule has 1 N–H and O–H groups in total. The highest BCUT2D eigenvalue weighted by atomic mass is 16.6. The van der Waals surface area contributed by atoms with Gasteiger partial charge in [-0.15, -0.1) is 0 Å². The Bertz CT molecular complexity index is 1480. The largest absolute Gasteiger partial charge is 0.497 e. The summed E-state index contributed by atoms with van der Waals surface area (Å²) in [6.45, 7) is 3.37. The maximum absolute atomic E-state index is 14.1. The van der Waals surface area contributed by atoms with Gasteiger partial charge in [-0.25, -0.2) is 9.59 Å². The van der Waals surface area contributed by atoms with Crippen molar-refractivity contribution in [2.45, 2.75) is 25.9 Å². The molecular formula is C31H30N2O8. The second-order valence-corrected chi connectivity index (χ2v) is 9.31. The molecular weight excluding hydrogens is 528 g/mol. The minimum absolute atomic E-state index is 0.128. The highest BCUT2D eigenvalue weighted by Crippen LogP contribution is 2.41. The lowest BCUT2D eigenvalue weighted by Crippen LogP contribution is -2.32. The van der Waals surface area contributed by atoms with Gasteiger partial charge in [0.2, 0.25) is 0 Å². The summed E-state index contributed by atoms with van der Waals surface area (Å²) in [5, 5.41) is 14.7. The van der Waals surface area contributed by atoms with Crippen molar-refractivity contribution >= 4 is 17.6 Å². The normalized spacial score (nSPS) is 14.8. The summed E-state index contributed by atoms with van der Waals surface area (Å²) in [7, 11) is 4.35. The standard InChI is InChI=1S/C31H30N2O8/c1-18-26(30(34)40-5)28(22-7-6-8-23(17-22)33(36)37)27(19(2)32-18)31(35)41-29(20-9-13-24(38-3)14-10-20)21-11-15-25(39-4)16-12-21/h6-17,28-29,32H,1-5H3. The average Bonchev–Trinajstić information content (AvgIpc) is 2.99. The van der Waals surface area contributed by atoms with Crippen LogP contribution in [-0.2, 0) is 19.1 Å². The van der Waals surface area contributed by atoms with E-state index in [-0.39, 0.29) is 16.8 Å². The van der Waals surface area contributed by atoms with Crippen LogP contribution in [0.3, 0.4) is 0 Å². The average molecular weight is 559 g/mol. The van der Waals surface area contributed by atoms with Crippen LogP contribution in [0.25, 0.3) is 0 Å². The zero-order valence-electron chi connectivity index (χ0n) is 23.3. The fourth-order valence-corrected chi connectivity index (χ4v) is 4.85. The molecule has 0 saturated heterocycles. The molecule has 0 fully saturated rings. The molecule has 1 atom stereocenters. The van der Waals surface area contributed by atoms with Crippen molar-refractivity contribution in [1.29, 1.82) is 0 Å². The zero-order valence-corrected chi connectivity index (χ0v) is 23.3. The van der Waals surface area contributed by atoms with Crippen LogP contribution < -0.4 is 14.8 Å². The van der Waals surface area contributed by atoms with E-state index in [2.05, 4.69) is 5.32 Å². The lowest BCUT2D eigenvalue weighted by molar-refractivity contribution is -0.384. The third kappa shape index (κ3) is 6.06. The molecule has 1 aliphatic rings. The van der Waals surface area contributed by atoms with E-state index in [0.29, 0.717) is 39.6 Å². The number of carbonyl (C=O) groups excluding carboxylic acids is 2. The Hall–Kier alpha value is -5.12. The summed E-state index contributed by atoms with van der Waals surface area (Å²) >= 11 is 0. The number of allylic oxidation sites excluding steroid dienone is 2. The maximum Gasteiger partial charge on any atom is 0.337 e. The van der Waals surface area contributed by atoms with E-state index < -0.39 is 28.9 Å². The van der Waals surface area contributed by atoms with E-state index in [4.69, 9.17) is 18.9 Å². The molecule has 1 heterocycles. The van der Waals surface area contributed by atoms with Crippen LogP contribution in [0.2, 0.25) is 0 Å². The lowest BCUT2D eigenvalue weighted by atomic mass is 9.80. The Morgan fingerprint density at radius 3 is 1.78 bits per heavy atom. The van der Waals surface area contributed by atoms with Crippen LogP contribution >= 0.6 is 0 Å². The predicted molar refractivity (Wildman–Crippen MR) is 150 cm³/mol. The number of rotatable bonds is 9. The molecule has 0 aromatic heterocycles. The van der Waals surface area contributed by atoms with E-state index >= 15 is 0 Å². The van der Waals surface area contributed by atoms with Crippen LogP contribution in [-0.4, -0.2) is 38.2 Å². The number of benzene rings is 3. The minimum Gasteiger partial charge on any atom is -0.497 e. The first kappa shape index (κ1) is 28.9. The van der Waals surface area contributed by atoms with Gasteiger partial charge in [0.05, 0.1) is 43.3 Å². The van der Waals surface area contributed by atoms with Gasteiger partial charge in [0.25, 0.3) is 5.69 Å². The van der Waals surface area contributed by atoms with Gasteiger partial charge in [-0.2, -0.15) is 0 Å². The molecule has 212 valence electrons. The Kier molecular flexibility index (Phi) is 8.72. The minimum atomic E-state index is -0.983. The van der Waals surface area contributed by atoms with Gasteiger partial charge < -0.3 is 24.3 Å². The smallest absolute Gasteiger partial charge is 0.337 e. The number of methoxy groups -OCH3 is 3. The molecule has 0 amide bonds. The lowest BCUT2D eigenvalue weighted by Gasteiger charge is -2.31. The molecule has 1 unspecified atom stereocenters. The van der Waals surface area contributed by atoms with E-state index in [1.807, 2.05) is 0 Å². The fraction of sp³-hybridized carbons (Fsp3) is 0.226. The van der Waals surface area contributed by atoms with Crippen LogP contribution in [0.15, 0.2) is 95.3 Å². The van der Waals surface area contributed by atoms with E-state index in [0.717, 1.165) is 0 Å². The molecule has 3 aromatic carbocycles. The third-order valence-electron chi connectivity index (χ3n) is 6.86. The molecule has 3 aromatic rings. The Labute approximate surface area is 237 Å². The number of esters is 2. The first-order chi connectivity index (χ1) is 19.7. The van der Waals surface area contributed by atoms with Gasteiger partial charge >= 0.3 is 11.9 Å². The number of nitrogens with one attached hydrogen (secondary N) is 1. The van der Waals surface area contributed by atoms with Gasteiger partial charge in [0.15, 0.2) is 6.10 Å². The first-order valence-corrected chi connectivity index (χ1v) is 12.7. The number of nitrogens with zero attached hydrogens (tertiary/aromatic N) is 1. The molecule has 41 heavy (non-hydrogen) atoms. The Balaban J connectivity index is 1.82. The first-order valence-electron chi connectivity index (χ1n) is 12.7. The third-order valence-corrected chi connectivity index (χ3v) is 6.86. The van der Waals surface area contributed by atoms with Crippen LogP contribution in [0, 0.1) is 10.1 Å². The van der Waals surface area contributed by atoms with Crippen LogP contribution in [0.4, 0.5) is 5.69 Å². The van der Waals surface area contributed by atoms with Crippen molar-refractivity contribution in [2.75, 3.05) is 21.3 Å². The van der Waals surface area contributed by atoms with Gasteiger partial charge in [0.1, 0.15) is 11.5 Å². The van der Waals surface area contributed by atoms with Crippen molar-refractivity contribution < 1.29 is 33.5 Å². The van der Waals surface area contributed by atoms with Gasteiger partial charge in [-0.1, -0.05) is 36.4 Å². The molecule has 0 spiro atoms. The van der Waals surface area contributed by atoms with Crippen LogP contribution in [0.1, 0.15) is 42.6 Å². The summed E-state index contributed by atoms with van der Waals surface area (Å²) in [6, 6.07) is 20.1. The molecule has 10 heteroatoms. The van der Waals surface area contributed by atoms with Crippen molar-refractivity contribution in [3.63, 3.8) is 0 Å². The van der Waals surface area contributed by atoms with Crippen molar-refractivity contribution in [2.24, 2.45) is 0 Å². The number of hydrogen-bond acceptors (Lipinski definition) is 9. The second kappa shape index (κ2) is 12.4. The number of ether oxygens (including phenoxy) is 4. The topological polar surface area (TPSA) is 126 Å². The molecule has 1 aliphatic heterocycles. The summed E-state index contributed by atoms with van der Waals surface area (Å²) in [6.07, 6.45) is -0.834. The molecule has 4 rings (SSSR count). The van der Waals surface area contributed by atoms with Gasteiger partial charge in [-0.3, -0.25) is 10.1 Å². The van der Waals surface area contributed by atoms with Gasteiger partial charge in [-0.05, 0) is 54.8 Å². The monoisotopic (exact) mass is 558 g/mol. The van der Waals surface area contributed by atoms with E-state index in [1.54, 1.807) is 82.7 Å². The highest BCUT2D eigenvalue weighted by molar-refractivity contribution is 6.00. The Morgan fingerprint density at radius 2 is 1.32 bits per heavy atom. The van der Waals surface area contributed by atoms with E-state index in [9.17, 15) is 19.7 Å². The fourth-order valence-electron chi connectivity index (χ4n) is 4.85. The number of carbonyl (C=O) groups is 2. The molecule has 0 radical (unpaired) electrons. The number of dihydropyridines is 1. The van der Waals surface area contributed by atoms with Crippen LogP contribution in [0.5, 0.6) is 11.5 Å². The molecule has 0 bridgehead atoms. The van der Waals surface area contributed by atoms with Gasteiger partial charge in [0, 0.05) is 23.5 Å². The Morgan fingerprint density at radius 1 is 0.805 bits per heavy atom. The number of nitro groups is 1. The summed E-state index contributed by atoms with van der Waals surface area (Å²) in [5.41, 5.74) is 2.74. The number of nitro benzene ring substituents is 1. The molecule has 10 nitrogen and oxygen atoms in total. The number of non-ortho nitro benzene ring substituents is 1. The molecule has 0 saturated carbocycles. The predicted octanol–water partition coefficient (Wildman–Crippen LogP) is 5.35. The van der Waals surface area contributed by atoms with Crippen molar-refractivity contribution in [1.82, 2.24) is 5.32 Å². The summed E-state index contributed by atoms with van der Waals surface area (Å²) in [5.74, 6) is -1.10. The SMILES string of the molecule is COC(=O)C1=C(C)NC(C)=C(C(=O)OC(c2ccc(OC)cc2)c2ccc(OC)cc2)C1c1cccc([N+](=O)[O-])c1. The van der Waals surface area contributed by atoms with E-state index in [1.165, 1.54) is 25.3 Å². The summed E-state index contributed by atoms with van der Waals surface area (Å²) < 4.78 is 21.8. The second-order valence-electron chi connectivity index (χ2n) is 9.31. The quantitative estimate of drug-likeness (QED) is 0.210. The molecule has 0 aliphatic carbocycles. The highest BCUT2D eigenvalue weighted by Gasteiger charge is 2.39. The zero-order chi connectivity index (χ0) is 29.7. The number of hydrogen-bond donors (Lipinski definition) is 1. The maximum atomic E-state index is 14.1. The van der Waals surface area contributed by atoms with Crippen molar-refractivity contribution in [3.8, 4) is 11.5 Å². The van der Waals surface area contributed by atoms with Crippen molar-refractivity contribution in [3.05, 3.63) is 122 Å².